The summed E-state index contributed by atoms with van der Waals surface area (Å²) in [4.78, 5) is 2.31. The average Bonchev–Trinajstić information content (AvgIpc) is 2.38. The normalized spacial score (nSPS) is 11.1. The lowest BCUT2D eigenvalue weighted by Gasteiger charge is -2.23. The van der Waals surface area contributed by atoms with Gasteiger partial charge in [0.15, 0.2) is 0 Å². The van der Waals surface area contributed by atoms with Gasteiger partial charge in [0.2, 0.25) is 0 Å². The molecule has 4 nitrogen and oxygen atoms in total. The van der Waals surface area contributed by atoms with Crippen molar-refractivity contribution in [3.63, 3.8) is 0 Å². The fraction of sp³-hybridized carbons (Fsp3) is 0.571. The molecule has 0 aromatic heterocycles. The van der Waals surface area contributed by atoms with E-state index in [9.17, 15) is 0 Å². The molecule has 0 spiro atoms. The largest absolute Gasteiger partial charge is 0.399 e. The van der Waals surface area contributed by atoms with Gasteiger partial charge in [-0.3, -0.25) is 4.90 Å². The van der Waals surface area contributed by atoms with Crippen molar-refractivity contribution in [3.8, 4) is 0 Å². The number of hydrogen-bond donors (Lipinski definition) is 1. The number of nitrogens with two attached hydrogens (primary N) is 1. The summed E-state index contributed by atoms with van der Waals surface area (Å²) >= 11 is 0. The maximum absolute atomic E-state index is 5.93. The van der Waals surface area contributed by atoms with Gasteiger partial charge in [-0.25, -0.2) is 0 Å². The molecular weight excluding hydrogens is 228 g/mol. The average molecular weight is 252 g/mol. The molecule has 0 amide bonds. The third-order valence-electron chi connectivity index (χ3n) is 3.11. The minimum atomic E-state index is 0.727. The Kier molecular flexibility index (Phi) is 6.72. The second kappa shape index (κ2) is 8.08. The topological polar surface area (TPSA) is 47.7 Å². The lowest BCUT2D eigenvalue weighted by molar-refractivity contribution is 0.110. The van der Waals surface area contributed by atoms with E-state index in [4.69, 9.17) is 15.2 Å². The molecule has 1 aromatic rings. The van der Waals surface area contributed by atoms with Gasteiger partial charge >= 0.3 is 0 Å². The van der Waals surface area contributed by atoms with Gasteiger partial charge in [0.05, 0.1) is 13.2 Å². The summed E-state index contributed by atoms with van der Waals surface area (Å²) in [6.45, 7) is 6.19. The molecule has 0 radical (unpaired) electrons. The first-order chi connectivity index (χ1) is 8.69. The molecule has 0 saturated carbocycles. The Bertz CT molecular complexity index is 348. The number of hydrogen-bond acceptors (Lipinski definition) is 4. The van der Waals surface area contributed by atoms with E-state index < -0.39 is 0 Å². The first-order valence-electron chi connectivity index (χ1n) is 6.23. The summed E-state index contributed by atoms with van der Waals surface area (Å²) in [7, 11) is 3.44. The Labute approximate surface area is 110 Å². The molecule has 0 aliphatic carbocycles. The van der Waals surface area contributed by atoms with E-state index in [0.29, 0.717) is 0 Å². The Morgan fingerprint density at radius 3 is 2.28 bits per heavy atom. The van der Waals surface area contributed by atoms with Crippen molar-refractivity contribution < 1.29 is 9.47 Å². The zero-order chi connectivity index (χ0) is 13.4. The molecule has 0 unspecified atom stereocenters. The first kappa shape index (κ1) is 15.0. The van der Waals surface area contributed by atoms with Crippen LogP contribution in [0.1, 0.15) is 11.1 Å². The van der Waals surface area contributed by atoms with E-state index >= 15 is 0 Å². The molecule has 102 valence electrons. The quantitative estimate of drug-likeness (QED) is 0.715. The summed E-state index contributed by atoms with van der Waals surface area (Å²) < 4.78 is 10.3. The van der Waals surface area contributed by atoms with Crippen LogP contribution in [0, 0.1) is 6.92 Å². The molecule has 1 rings (SSSR count). The smallest absolute Gasteiger partial charge is 0.0589 e. The van der Waals surface area contributed by atoms with E-state index in [-0.39, 0.29) is 0 Å². The van der Waals surface area contributed by atoms with Gasteiger partial charge in [-0.1, -0.05) is 12.1 Å². The van der Waals surface area contributed by atoms with Crippen molar-refractivity contribution in [1.29, 1.82) is 0 Å². The van der Waals surface area contributed by atoms with E-state index in [0.717, 1.165) is 44.1 Å². The van der Waals surface area contributed by atoms with Gasteiger partial charge in [0.25, 0.3) is 0 Å². The number of nitrogens with zero attached hydrogens (tertiary/aromatic N) is 1. The van der Waals surface area contributed by atoms with Crippen molar-refractivity contribution in [2.24, 2.45) is 0 Å². The van der Waals surface area contributed by atoms with Crippen LogP contribution in [0.25, 0.3) is 0 Å². The van der Waals surface area contributed by atoms with Crippen LogP contribution in [-0.4, -0.2) is 45.4 Å². The van der Waals surface area contributed by atoms with E-state index in [1.807, 2.05) is 12.1 Å². The van der Waals surface area contributed by atoms with Crippen molar-refractivity contribution in [2.75, 3.05) is 46.3 Å². The molecular formula is C14H24N2O2. The monoisotopic (exact) mass is 252 g/mol. The Morgan fingerprint density at radius 1 is 1.11 bits per heavy atom. The van der Waals surface area contributed by atoms with Crippen LogP contribution >= 0.6 is 0 Å². The predicted octanol–water partition coefficient (Wildman–Crippen LogP) is 1.67. The highest BCUT2D eigenvalue weighted by molar-refractivity contribution is 5.49. The highest BCUT2D eigenvalue weighted by Gasteiger charge is 2.08. The molecule has 0 heterocycles. The maximum Gasteiger partial charge on any atom is 0.0589 e. The molecule has 18 heavy (non-hydrogen) atoms. The summed E-state index contributed by atoms with van der Waals surface area (Å²) in [5.74, 6) is 0. The highest BCUT2D eigenvalue weighted by atomic mass is 16.5. The summed E-state index contributed by atoms with van der Waals surface area (Å²) in [5, 5.41) is 0. The van der Waals surface area contributed by atoms with Crippen LogP contribution in [0.2, 0.25) is 0 Å². The standard InChI is InChI=1S/C14H24N2O2/c1-12-13(5-4-6-14(12)15)11-16(7-9-17-2)8-10-18-3/h4-6H,7-11,15H2,1-3H3. The number of rotatable bonds is 8. The molecule has 2 N–H and O–H groups in total. The van der Waals surface area contributed by atoms with Gasteiger partial charge < -0.3 is 15.2 Å². The predicted molar refractivity (Wildman–Crippen MR) is 74.6 cm³/mol. The van der Waals surface area contributed by atoms with Crippen LogP contribution in [0.5, 0.6) is 0 Å². The van der Waals surface area contributed by atoms with E-state index in [1.54, 1.807) is 14.2 Å². The Balaban J connectivity index is 2.65. The lowest BCUT2D eigenvalue weighted by atomic mass is 10.1. The summed E-state index contributed by atoms with van der Waals surface area (Å²) in [5.41, 5.74) is 9.21. The number of benzene rings is 1. The van der Waals surface area contributed by atoms with E-state index in [2.05, 4.69) is 17.9 Å². The molecule has 0 atom stereocenters. The number of nitrogen functional groups attached to an aromatic ring is 1. The second-order valence-electron chi connectivity index (χ2n) is 4.39. The minimum absolute atomic E-state index is 0.727. The van der Waals surface area contributed by atoms with Crippen molar-refractivity contribution in [3.05, 3.63) is 29.3 Å². The third-order valence-corrected chi connectivity index (χ3v) is 3.11. The maximum atomic E-state index is 5.93. The fourth-order valence-corrected chi connectivity index (χ4v) is 1.83. The molecule has 4 heteroatoms. The third kappa shape index (κ3) is 4.64. The molecule has 0 fully saturated rings. The van der Waals surface area contributed by atoms with Gasteiger partial charge in [-0.15, -0.1) is 0 Å². The van der Waals surface area contributed by atoms with Gasteiger partial charge in [-0.2, -0.15) is 0 Å². The van der Waals surface area contributed by atoms with E-state index in [1.165, 1.54) is 5.56 Å². The number of anilines is 1. The lowest BCUT2D eigenvalue weighted by Crippen LogP contribution is -2.30. The SMILES string of the molecule is COCCN(CCOC)Cc1cccc(N)c1C. The minimum Gasteiger partial charge on any atom is -0.399 e. The molecule has 0 aliphatic rings. The summed E-state index contributed by atoms with van der Waals surface area (Å²) in [6, 6.07) is 6.06. The van der Waals surface area contributed by atoms with Gasteiger partial charge in [-0.05, 0) is 24.1 Å². The van der Waals surface area contributed by atoms with Gasteiger partial charge in [0.1, 0.15) is 0 Å². The van der Waals surface area contributed by atoms with Crippen LogP contribution in [0.3, 0.4) is 0 Å². The van der Waals surface area contributed by atoms with Crippen LogP contribution in [0.15, 0.2) is 18.2 Å². The molecule has 0 bridgehead atoms. The van der Waals surface area contributed by atoms with Crippen molar-refractivity contribution >= 4 is 5.69 Å². The second-order valence-corrected chi connectivity index (χ2v) is 4.39. The summed E-state index contributed by atoms with van der Waals surface area (Å²) in [6.07, 6.45) is 0. The number of ether oxygens (including phenoxy) is 2. The molecule has 0 aliphatic heterocycles. The van der Waals surface area contributed by atoms with Gasteiger partial charge in [0, 0.05) is 39.5 Å². The zero-order valence-corrected chi connectivity index (χ0v) is 11.6. The molecule has 1 aromatic carbocycles. The Hall–Kier alpha value is -1.10. The van der Waals surface area contributed by atoms with Crippen LogP contribution in [0.4, 0.5) is 5.69 Å². The fourth-order valence-electron chi connectivity index (χ4n) is 1.83. The zero-order valence-electron chi connectivity index (χ0n) is 11.6. The highest BCUT2D eigenvalue weighted by Crippen LogP contribution is 2.17. The van der Waals surface area contributed by atoms with Crippen molar-refractivity contribution in [1.82, 2.24) is 4.90 Å². The van der Waals surface area contributed by atoms with Crippen LogP contribution in [-0.2, 0) is 16.0 Å². The number of methoxy groups -OCH3 is 2. The molecule has 0 saturated heterocycles. The van der Waals surface area contributed by atoms with Crippen molar-refractivity contribution in [2.45, 2.75) is 13.5 Å². The Morgan fingerprint density at radius 2 is 1.72 bits per heavy atom. The van der Waals surface area contributed by atoms with Crippen LogP contribution < -0.4 is 5.73 Å². The first-order valence-corrected chi connectivity index (χ1v) is 6.23.